The maximum Gasteiger partial charge on any atom is 0.351 e. The van der Waals surface area contributed by atoms with Gasteiger partial charge in [0.05, 0.1) is 18.9 Å². The summed E-state index contributed by atoms with van der Waals surface area (Å²) in [6.07, 6.45) is 2.87. The summed E-state index contributed by atoms with van der Waals surface area (Å²) in [4.78, 5) is 16.7. The SMILES string of the molecule is COc1ccc(C#Cc2ccc3c(c2)CCn2c-3cc(OCC3CCCO3)nc2=O)cc1. The van der Waals surface area contributed by atoms with Gasteiger partial charge in [0.2, 0.25) is 5.88 Å². The lowest BCUT2D eigenvalue weighted by Gasteiger charge is -2.22. The van der Waals surface area contributed by atoms with Crippen molar-refractivity contribution in [2.24, 2.45) is 0 Å². The smallest absolute Gasteiger partial charge is 0.351 e. The summed E-state index contributed by atoms with van der Waals surface area (Å²) in [6, 6.07) is 15.7. The van der Waals surface area contributed by atoms with E-state index in [-0.39, 0.29) is 11.8 Å². The number of ether oxygens (including phenoxy) is 3. The van der Waals surface area contributed by atoms with E-state index in [1.165, 1.54) is 5.56 Å². The Balaban J connectivity index is 1.39. The van der Waals surface area contributed by atoms with Gasteiger partial charge in [-0.3, -0.25) is 4.57 Å². The molecule has 0 radical (unpaired) electrons. The van der Waals surface area contributed by atoms with E-state index in [9.17, 15) is 4.79 Å². The van der Waals surface area contributed by atoms with Crippen LogP contribution in [0.5, 0.6) is 11.6 Å². The number of nitrogens with zero attached hydrogens (tertiary/aromatic N) is 2. The number of methoxy groups -OCH3 is 1. The summed E-state index contributed by atoms with van der Waals surface area (Å²) in [5, 5.41) is 0. The van der Waals surface area contributed by atoms with Crippen molar-refractivity contribution in [2.45, 2.75) is 31.9 Å². The second-order valence-corrected chi connectivity index (χ2v) is 7.96. The Morgan fingerprint density at radius 1 is 1.12 bits per heavy atom. The van der Waals surface area contributed by atoms with Crippen molar-refractivity contribution in [3.05, 3.63) is 75.7 Å². The van der Waals surface area contributed by atoms with E-state index in [1.807, 2.05) is 42.5 Å². The highest BCUT2D eigenvalue weighted by molar-refractivity contribution is 5.68. The summed E-state index contributed by atoms with van der Waals surface area (Å²) in [7, 11) is 1.65. The van der Waals surface area contributed by atoms with Gasteiger partial charge in [-0.05, 0) is 61.2 Å². The molecule has 5 rings (SSSR count). The number of rotatable bonds is 4. The molecule has 6 nitrogen and oxygen atoms in total. The first-order chi connectivity index (χ1) is 15.7. The molecular formula is C26H24N2O4. The fourth-order valence-electron chi connectivity index (χ4n) is 4.13. The number of fused-ring (bicyclic) bond motifs is 3. The molecule has 0 bridgehead atoms. The van der Waals surface area contributed by atoms with E-state index in [4.69, 9.17) is 14.2 Å². The molecule has 1 aromatic heterocycles. The Hall–Kier alpha value is -3.56. The summed E-state index contributed by atoms with van der Waals surface area (Å²) >= 11 is 0. The third-order valence-corrected chi connectivity index (χ3v) is 5.86. The van der Waals surface area contributed by atoms with Crippen molar-refractivity contribution in [2.75, 3.05) is 20.3 Å². The first-order valence-electron chi connectivity index (χ1n) is 10.9. The Kier molecular flexibility index (Phi) is 5.66. The van der Waals surface area contributed by atoms with Crippen molar-refractivity contribution in [1.29, 1.82) is 0 Å². The molecule has 0 N–H and O–H groups in total. The average Bonchev–Trinajstić information content (AvgIpc) is 3.35. The zero-order valence-corrected chi connectivity index (χ0v) is 18.0. The zero-order valence-electron chi connectivity index (χ0n) is 18.0. The Bertz CT molecular complexity index is 1250. The first-order valence-corrected chi connectivity index (χ1v) is 10.9. The topological polar surface area (TPSA) is 62.6 Å². The minimum Gasteiger partial charge on any atom is -0.497 e. The van der Waals surface area contributed by atoms with Crippen LogP contribution >= 0.6 is 0 Å². The molecule has 32 heavy (non-hydrogen) atoms. The number of benzene rings is 2. The molecule has 1 atom stereocenters. The third-order valence-electron chi connectivity index (χ3n) is 5.86. The maximum absolute atomic E-state index is 12.6. The average molecular weight is 428 g/mol. The van der Waals surface area contributed by atoms with Crippen LogP contribution in [0.15, 0.2) is 53.3 Å². The van der Waals surface area contributed by atoms with E-state index in [0.29, 0.717) is 19.0 Å². The maximum atomic E-state index is 12.6. The second kappa shape index (κ2) is 8.89. The number of hydrogen-bond donors (Lipinski definition) is 0. The lowest BCUT2D eigenvalue weighted by Crippen LogP contribution is -2.29. The summed E-state index contributed by atoms with van der Waals surface area (Å²) in [5.41, 5.74) is 4.62. The van der Waals surface area contributed by atoms with E-state index in [1.54, 1.807) is 11.7 Å². The second-order valence-electron chi connectivity index (χ2n) is 7.96. The van der Waals surface area contributed by atoms with Gasteiger partial charge in [0, 0.05) is 35.9 Å². The van der Waals surface area contributed by atoms with Crippen LogP contribution in [0, 0.1) is 11.8 Å². The quantitative estimate of drug-likeness (QED) is 0.596. The minimum atomic E-state index is -0.279. The van der Waals surface area contributed by atoms with Crippen LogP contribution in [0.3, 0.4) is 0 Å². The van der Waals surface area contributed by atoms with Crippen molar-refractivity contribution in [1.82, 2.24) is 9.55 Å². The molecule has 0 saturated carbocycles. The van der Waals surface area contributed by atoms with Gasteiger partial charge in [0.25, 0.3) is 0 Å². The van der Waals surface area contributed by atoms with Crippen LogP contribution in [0.25, 0.3) is 11.3 Å². The summed E-state index contributed by atoms with van der Waals surface area (Å²) in [6.45, 7) is 1.78. The summed E-state index contributed by atoms with van der Waals surface area (Å²) in [5.74, 6) is 7.60. The molecule has 3 heterocycles. The van der Waals surface area contributed by atoms with Crippen molar-refractivity contribution in [3.8, 4) is 34.7 Å². The van der Waals surface area contributed by atoms with Crippen molar-refractivity contribution >= 4 is 0 Å². The van der Waals surface area contributed by atoms with E-state index >= 15 is 0 Å². The highest BCUT2D eigenvalue weighted by atomic mass is 16.5. The minimum absolute atomic E-state index is 0.0784. The molecule has 6 heteroatoms. The highest BCUT2D eigenvalue weighted by Crippen LogP contribution is 2.30. The fraction of sp³-hybridized carbons (Fsp3) is 0.308. The lowest BCUT2D eigenvalue weighted by molar-refractivity contribution is 0.0661. The molecule has 162 valence electrons. The van der Waals surface area contributed by atoms with Crippen LogP contribution in [-0.2, 0) is 17.7 Å². The number of hydrogen-bond acceptors (Lipinski definition) is 5. The predicted molar refractivity (Wildman–Crippen MR) is 121 cm³/mol. The van der Waals surface area contributed by atoms with Gasteiger partial charge in [0.15, 0.2) is 0 Å². The zero-order chi connectivity index (χ0) is 21.9. The van der Waals surface area contributed by atoms with E-state index in [0.717, 1.165) is 54.0 Å². The molecule has 2 aromatic carbocycles. The third kappa shape index (κ3) is 4.25. The van der Waals surface area contributed by atoms with Crippen LogP contribution < -0.4 is 15.2 Å². The molecule has 1 fully saturated rings. The van der Waals surface area contributed by atoms with Gasteiger partial charge in [-0.25, -0.2) is 4.79 Å². The standard InChI is InChI=1S/C26H24N2O4/c1-30-21-9-6-18(7-10-21)4-5-19-8-11-23-20(15-19)12-13-28-24(23)16-25(27-26(28)29)32-17-22-3-2-14-31-22/h6-11,15-16,22H,2-3,12-14,17H2,1H3. The fourth-order valence-corrected chi connectivity index (χ4v) is 4.13. The van der Waals surface area contributed by atoms with Gasteiger partial charge in [-0.1, -0.05) is 17.9 Å². The number of aromatic nitrogens is 2. The van der Waals surface area contributed by atoms with Gasteiger partial charge in [-0.15, -0.1) is 0 Å². The molecule has 0 amide bonds. The van der Waals surface area contributed by atoms with E-state index in [2.05, 4.69) is 22.9 Å². The molecular weight excluding hydrogens is 404 g/mol. The molecule has 1 saturated heterocycles. The normalized spacial score (nSPS) is 16.5. The monoisotopic (exact) mass is 428 g/mol. The van der Waals surface area contributed by atoms with Crippen molar-refractivity contribution in [3.63, 3.8) is 0 Å². The Labute approximate surface area is 186 Å². The Morgan fingerprint density at radius 2 is 1.94 bits per heavy atom. The van der Waals surface area contributed by atoms with Crippen LogP contribution in [-0.4, -0.2) is 36.0 Å². The molecule has 3 aromatic rings. The molecule has 2 aliphatic heterocycles. The highest BCUT2D eigenvalue weighted by Gasteiger charge is 2.21. The molecule has 0 aliphatic carbocycles. The summed E-state index contributed by atoms with van der Waals surface area (Å²) < 4.78 is 18.3. The predicted octanol–water partition coefficient (Wildman–Crippen LogP) is 3.43. The first kappa shape index (κ1) is 20.3. The van der Waals surface area contributed by atoms with Gasteiger partial charge < -0.3 is 14.2 Å². The van der Waals surface area contributed by atoms with Crippen LogP contribution in [0.2, 0.25) is 0 Å². The van der Waals surface area contributed by atoms with Crippen molar-refractivity contribution < 1.29 is 14.2 Å². The molecule has 1 unspecified atom stereocenters. The number of aryl methyl sites for hydroxylation is 1. The van der Waals surface area contributed by atoms with Gasteiger partial charge in [-0.2, -0.15) is 4.98 Å². The Morgan fingerprint density at radius 3 is 2.72 bits per heavy atom. The van der Waals surface area contributed by atoms with Gasteiger partial charge >= 0.3 is 5.69 Å². The van der Waals surface area contributed by atoms with E-state index < -0.39 is 0 Å². The largest absolute Gasteiger partial charge is 0.497 e. The molecule has 2 aliphatic rings. The lowest BCUT2D eigenvalue weighted by atomic mass is 9.95. The molecule has 0 spiro atoms. The van der Waals surface area contributed by atoms with Crippen LogP contribution in [0.4, 0.5) is 0 Å². The van der Waals surface area contributed by atoms with Crippen LogP contribution in [0.1, 0.15) is 29.5 Å². The van der Waals surface area contributed by atoms with Gasteiger partial charge in [0.1, 0.15) is 12.4 Å².